The molecule has 0 spiro atoms. The summed E-state index contributed by atoms with van der Waals surface area (Å²) in [4.78, 5) is 29.6. The molecule has 22 heavy (non-hydrogen) atoms. The Hall–Kier alpha value is -2.39. The van der Waals surface area contributed by atoms with E-state index in [1.54, 1.807) is 29.2 Å². The molecule has 1 aromatic rings. The third-order valence-electron chi connectivity index (χ3n) is 3.82. The van der Waals surface area contributed by atoms with Crippen LogP contribution in [0.3, 0.4) is 0 Å². The fraction of sp³-hybridized carbons (Fsp3) is 0.438. The predicted molar refractivity (Wildman–Crippen MR) is 83.3 cm³/mol. The highest BCUT2D eigenvalue weighted by atomic mass is 16.2. The molecule has 2 amide bonds. The second-order valence-corrected chi connectivity index (χ2v) is 5.45. The van der Waals surface area contributed by atoms with Gasteiger partial charge in [0.1, 0.15) is 6.54 Å². The Kier molecular flexibility index (Phi) is 5.12. The lowest BCUT2D eigenvalue weighted by Crippen LogP contribution is -2.50. The molecule has 0 unspecified atom stereocenters. The molecule has 116 valence electrons. The van der Waals surface area contributed by atoms with E-state index in [1.165, 1.54) is 11.8 Å². The molecule has 0 N–H and O–H groups in total. The van der Waals surface area contributed by atoms with Gasteiger partial charge in [-0.1, -0.05) is 6.07 Å². The zero-order valence-corrected chi connectivity index (χ0v) is 13.0. The quantitative estimate of drug-likeness (QED) is 0.823. The molecule has 0 bridgehead atoms. The molecule has 1 fully saturated rings. The van der Waals surface area contributed by atoms with E-state index in [-0.39, 0.29) is 18.4 Å². The molecule has 2 rings (SSSR count). The standard InChI is InChI=1S/C16H20N4O2/c1-13(21)20(15-5-3-4-14(10-15)11-17)12-16(22)19-8-6-18(2)7-9-19/h3-5,10H,6-9,12H2,1-2H3. The Morgan fingerprint density at radius 1 is 1.27 bits per heavy atom. The number of benzene rings is 1. The van der Waals surface area contributed by atoms with Gasteiger partial charge in [-0.2, -0.15) is 5.26 Å². The molecular weight excluding hydrogens is 280 g/mol. The lowest BCUT2D eigenvalue weighted by Gasteiger charge is -2.33. The number of amides is 2. The maximum atomic E-state index is 12.4. The Balaban J connectivity index is 2.10. The van der Waals surface area contributed by atoms with Crippen molar-refractivity contribution in [3.63, 3.8) is 0 Å². The van der Waals surface area contributed by atoms with Crippen molar-refractivity contribution in [2.45, 2.75) is 6.92 Å². The SMILES string of the molecule is CC(=O)N(CC(=O)N1CCN(C)CC1)c1cccc(C#N)c1. The summed E-state index contributed by atoms with van der Waals surface area (Å²) in [6.45, 7) is 4.48. The molecule has 1 aliphatic rings. The first-order valence-electron chi connectivity index (χ1n) is 7.26. The number of hydrogen-bond acceptors (Lipinski definition) is 4. The lowest BCUT2D eigenvalue weighted by atomic mass is 10.2. The molecule has 6 nitrogen and oxygen atoms in total. The summed E-state index contributed by atoms with van der Waals surface area (Å²) in [5.74, 6) is -0.275. The first kappa shape index (κ1) is 16.0. The predicted octanol–water partition coefficient (Wildman–Crippen LogP) is 0.685. The summed E-state index contributed by atoms with van der Waals surface area (Å²) in [5.41, 5.74) is 1.05. The fourth-order valence-corrected chi connectivity index (χ4v) is 2.42. The number of rotatable bonds is 3. The maximum absolute atomic E-state index is 12.4. The summed E-state index contributed by atoms with van der Waals surface area (Å²) >= 11 is 0. The average Bonchev–Trinajstić information content (AvgIpc) is 2.52. The van der Waals surface area contributed by atoms with Crippen molar-refractivity contribution >= 4 is 17.5 Å². The lowest BCUT2D eigenvalue weighted by molar-refractivity contribution is -0.132. The van der Waals surface area contributed by atoms with Gasteiger partial charge in [0.05, 0.1) is 11.6 Å². The Morgan fingerprint density at radius 3 is 2.55 bits per heavy atom. The van der Waals surface area contributed by atoms with Crippen molar-refractivity contribution in [3.8, 4) is 6.07 Å². The highest BCUT2D eigenvalue weighted by Crippen LogP contribution is 2.16. The van der Waals surface area contributed by atoms with Crippen LogP contribution in [-0.4, -0.2) is 61.4 Å². The number of nitriles is 1. The van der Waals surface area contributed by atoms with Crippen LogP contribution in [0.4, 0.5) is 5.69 Å². The van der Waals surface area contributed by atoms with Gasteiger partial charge in [-0.15, -0.1) is 0 Å². The van der Waals surface area contributed by atoms with E-state index in [0.29, 0.717) is 24.3 Å². The van der Waals surface area contributed by atoms with Crippen LogP contribution in [0.25, 0.3) is 0 Å². The number of hydrogen-bond donors (Lipinski definition) is 0. The van der Waals surface area contributed by atoms with Gasteiger partial charge in [0.15, 0.2) is 0 Å². The van der Waals surface area contributed by atoms with Crippen molar-refractivity contribution in [2.24, 2.45) is 0 Å². The number of likely N-dealkylation sites (N-methyl/N-ethyl adjacent to an activating group) is 1. The van der Waals surface area contributed by atoms with E-state index in [2.05, 4.69) is 4.90 Å². The van der Waals surface area contributed by atoms with Crippen LogP contribution in [0.1, 0.15) is 12.5 Å². The van der Waals surface area contributed by atoms with Gasteiger partial charge in [0, 0.05) is 38.8 Å². The molecule has 6 heteroatoms. The fourth-order valence-electron chi connectivity index (χ4n) is 2.42. The summed E-state index contributed by atoms with van der Waals surface area (Å²) in [5, 5.41) is 8.96. The zero-order chi connectivity index (χ0) is 16.1. The molecule has 0 aliphatic carbocycles. The van der Waals surface area contributed by atoms with E-state index in [1.807, 2.05) is 13.1 Å². The molecule has 0 saturated carbocycles. The van der Waals surface area contributed by atoms with Crippen LogP contribution < -0.4 is 4.90 Å². The van der Waals surface area contributed by atoms with Crippen LogP contribution in [0.5, 0.6) is 0 Å². The minimum atomic E-state index is -0.211. The van der Waals surface area contributed by atoms with Crippen LogP contribution >= 0.6 is 0 Å². The third-order valence-corrected chi connectivity index (χ3v) is 3.82. The molecule has 0 aromatic heterocycles. The molecule has 0 radical (unpaired) electrons. The Bertz CT molecular complexity index is 600. The van der Waals surface area contributed by atoms with Gasteiger partial charge < -0.3 is 14.7 Å². The van der Waals surface area contributed by atoms with E-state index in [0.717, 1.165) is 13.1 Å². The second-order valence-electron chi connectivity index (χ2n) is 5.45. The normalized spacial score (nSPS) is 15.2. The number of nitrogens with zero attached hydrogens (tertiary/aromatic N) is 4. The molecule has 1 aromatic carbocycles. The highest BCUT2D eigenvalue weighted by Gasteiger charge is 2.23. The van der Waals surface area contributed by atoms with Gasteiger partial charge in [0.25, 0.3) is 0 Å². The number of carbonyl (C=O) groups excluding carboxylic acids is 2. The summed E-state index contributed by atoms with van der Waals surface area (Å²) in [6.07, 6.45) is 0. The summed E-state index contributed by atoms with van der Waals surface area (Å²) < 4.78 is 0. The van der Waals surface area contributed by atoms with Gasteiger partial charge >= 0.3 is 0 Å². The van der Waals surface area contributed by atoms with E-state index < -0.39 is 0 Å². The molecule has 1 heterocycles. The first-order chi connectivity index (χ1) is 10.5. The van der Waals surface area contributed by atoms with E-state index in [4.69, 9.17) is 5.26 Å². The van der Waals surface area contributed by atoms with E-state index in [9.17, 15) is 9.59 Å². The highest BCUT2D eigenvalue weighted by molar-refractivity contribution is 5.97. The maximum Gasteiger partial charge on any atom is 0.242 e. The van der Waals surface area contributed by atoms with Crippen LogP contribution in [0.15, 0.2) is 24.3 Å². The van der Waals surface area contributed by atoms with Crippen LogP contribution in [-0.2, 0) is 9.59 Å². The largest absolute Gasteiger partial charge is 0.339 e. The van der Waals surface area contributed by atoms with Crippen LogP contribution in [0, 0.1) is 11.3 Å². The Labute approximate surface area is 130 Å². The van der Waals surface area contributed by atoms with Gasteiger partial charge in [-0.25, -0.2) is 0 Å². The van der Waals surface area contributed by atoms with E-state index >= 15 is 0 Å². The number of piperazine rings is 1. The summed E-state index contributed by atoms with van der Waals surface area (Å²) in [6, 6.07) is 8.79. The first-order valence-corrected chi connectivity index (χ1v) is 7.26. The van der Waals surface area contributed by atoms with Crippen molar-refractivity contribution < 1.29 is 9.59 Å². The molecule has 1 aliphatic heterocycles. The smallest absolute Gasteiger partial charge is 0.242 e. The van der Waals surface area contributed by atoms with Crippen molar-refractivity contribution in [3.05, 3.63) is 29.8 Å². The van der Waals surface area contributed by atoms with Gasteiger partial charge in [-0.3, -0.25) is 9.59 Å². The van der Waals surface area contributed by atoms with Gasteiger partial charge in [-0.05, 0) is 25.2 Å². The van der Waals surface area contributed by atoms with Crippen molar-refractivity contribution in [2.75, 3.05) is 44.7 Å². The molecule has 0 atom stereocenters. The minimum absolute atomic E-state index is 0.00787. The number of anilines is 1. The average molecular weight is 300 g/mol. The second kappa shape index (κ2) is 7.05. The number of carbonyl (C=O) groups is 2. The molecular formula is C16H20N4O2. The van der Waals surface area contributed by atoms with Crippen molar-refractivity contribution in [1.82, 2.24) is 9.80 Å². The Morgan fingerprint density at radius 2 is 1.95 bits per heavy atom. The van der Waals surface area contributed by atoms with Gasteiger partial charge in [0.2, 0.25) is 11.8 Å². The monoisotopic (exact) mass is 300 g/mol. The minimum Gasteiger partial charge on any atom is -0.339 e. The van der Waals surface area contributed by atoms with Crippen molar-refractivity contribution in [1.29, 1.82) is 5.26 Å². The third kappa shape index (κ3) is 3.83. The summed E-state index contributed by atoms with van der Waals surface area (Å²) in [7, 11) is 2.02. The molecule has 1 saturated heterocycles. The van der Waals surface area contributed by atoms with Crippen LogP contribution in [0.2, 0.25) is 0 Å². The topological polar surface area (TPSA) is 67.7 Å². The zero-order valence-electron chi connectivity index (χ0n) is 13.0.